The molecule has 15 heavy (non-hydrogen) atoms. The summed E-state index contributed by atoms with van der Waals surface area (Å²) >= 11 is 0. The Morgan fingerprint density at radius 3 is 2.20 bits per heavy atom. The Balaban J connectivity index is 2.60. The van der Waals surface area contributed by atoms with Gasteiger partial charge in [-0.2, -0.15) is 0 Å². The molecule has 1 aliphatic rings. The van der Waals surface area contributed by atoms with Crippen molar-refractivity contribution in [3.8, 4) is 0 Å². The van der Waals surface area contributed by atoms with Gasteiger partial charge in [0.2, 0.25) is 0 Å². The number of hydrogen-bond acceptors (Lipinski definition) is 1. The summed E-state index contributed by atoms with van der Waals surface area (Å²) in [4.78, 5) is 0. The van der Waals surface area contributed by atoms with Crippen LogP contribution in [0, 0.1) is 17.8 Å². The Hall–Kier alpha value is -0.0400. The highest BCUT2D eigenvalue weighted by molar-refractivity contribution is 4.85. The molecule has 0 radical (unpaired) electrons. The molecule has 0 bridgehead atoms. The summed E-state index contributed by atoms with van der Waals surface area (Å²) in [6, 6.07) is 0.766. The Kier molecular flexibility index (Phi) is 5.66. The van der Waals surface area contributed by atoms with Crippen LogP contribution in [0.3, 0.4) is 0 Å². The van der Waals surface area contributed by atoms with Crippen molar-refractivity contribution < 1.29 is 0 Å². The van der Waals surface area contributed by atoms with Gasteiger partial charge in [0.1, 0.15) is 0 Å². The van der Waals surface area contributed by atoms with Gasteiger partial charge < -0.3 is 5.32 Å². The van der Waals surface area contributed by atoms with Gasteiger partial charge in [-0.1, -0.05) is 40.0 Å². The van der Waals surface area contributed by atoms with E-state index >= 15 is 0 Å². The van der Waals surface area contributed by atoms with Crippen LogP contribution in [-0.4, -0.2) is 13.1 Å². The highest BCUT2D eigenvalue weighted by Crippen LogP contribution is 2.37. The maximum absolute atomic E-state index is 3.56. The molecule has 3 unspecified atom stereocenters. The maximum atomic E-state index is 3.56. The van der Waals surface area contributed by atoms with E-state index in [-0.39, 0.29) is 0 Å². The van der Waals surface area contributed by atoms with Gasteiger partial charge in [-0.05, 0) is 44.1 Å². The highest BCUT2D eigenvalue weighted by atomic mass is 14.9. The van der Waals surface area contributed by atoms with E-state index in [9.17, 15) is 0 Å². The minimum atomic E-state index is 0.766. The lowest BCUT2D eigenvalue weighted by Crippen LogP contribution is -2.40. The normalized spacial score (nSPS) is 29.4. The van der Waals surface area contributed by atoms with Crippen LogP contribution >= 0.6 is 0 Å². The molecule has 1 saturated carbocycles. The standard InChI is InChI=1S/C14H29N/c1-5-8-14(15-4)13-10-7-6-9-12(13)11(2)3/h11-15H,5-10H2,1-4H3. The molecule has 1 N–H and O–H groups in total. The van der Waals surface area contributed by atoms with Crippen LogP contribution in [0.4, 0.5) is 0 Å². The van der Waals surface area contributed by atoms with E-state index in [0.717, 1.165) is 23.8 Å². The molecular formula is C14H29N. The second kappa shape index (κ2) is 6.52. The van der Waals surface area contributed by atoms with Crippen LogP contribution in [0.1, 0.15) is 59.3 Å². The van der Waals surface area contributed by atoms with Gasteiger partial charge in [-0.15, -0.1) is 0 Å². The SMILES string of the molecule is CCCC(NC)C1CCCCC1C(C)C. The van der Waals surface area contributed by atoms with E-state index in [0.29, 0.717) is 0 Å². The molecule has 0 aromatic carbocycles. The fourth-order valence-corrected chi connectivity index (χ4v) is 3.40. The van der Waals surface area contributed by atoms with Crippen LogP contribution in [0.15, 0.2) is 0 Å². The minimum absolute atomic E-state index is 0.766. The first kappa shape index (κ1) is 13.0. The summed E-state index contributed by atoms with van der Waals surface area (Å²) in [5, 5.41) is 3.56. The van der Waals surface area contributed by atoms with Crippen LogP contribution in [0.25, 0.3) is 0 Å². The zero-order valence-electron chi connectivity index (χ0n) is 11.1. The topological polar surface area (TPSA) is 12.0 Å². The molecule has 1 rings (SSSR count). The smallest absolute Gasteiger partial charge is 0.00949 e. The van der Waals surface area contributed by atoms with E-state index in [2.05, 4.69) is 33.1 Å². The van der Waals surface area contributed by atoms with E-state index in [1.54, 1.807) is 0 Å². The number of hydrogen-bond donors (Lipinski definition) is 1. The van der Waals surface area contributed by atoms with Crippen molar-refractivity contribution in [2.24, 2.45) is 17.8 Å². The van der Waals surface area contributed by atoms with Crippen molar-refractivity contribution in [2.75, 3.05) is 7.05 Å². The largest absolute Gasteiger partial charge is 0.317 e. The third kappa shape index (κ3) is 3.48. The second-order valence-electron chi connectivity index (χ2n) is 5.54. The summed E-state index contributed by atoms with van der Waals surface area (Å²) in [5.74, 6) is 2.76. The first-order chi connectivity index (χ1) is 7.20. The maximum Gasteiger partial charge on any atom is 0.00949 e. The zero-order chi connectivity index (χ0) is 11.3. The molecule has 3 atom stereocenters. The van der Waals surface area contributed by atoms with Gasteiger partial charge in [0.25, 0.3) is 0 Å². The van der Waals surface area contributed by atoms with Gasteiger partial charge in [-0.25, -0.2) is 0 Å². The molecule has 1 heteroatoms. The first-order valence-corrected chi connectivity index (χ1v) is 6.88. The average Bonchev–Trinajstić information content (AvgIpc) is 2.26. The van der Waals surface area contributed by atoms with Crippen molar-refractivity contribution in [3.63, 3.8) is 0 Å². The van der Waals surface area contributed by atoms with E-state index in [1.165, 1.54) is 38.5 Å². The summed E-state index contributed by atoms with van der Waals surface area (Å²) in [7, 11) is 2.15. The molecule has 1 aliphatic carbocycles. The average molecular weight is 211 g/mol. The van der Waals surface area contributed by atoms with Crippen molar-refractivity contribution in [1.29, 1.82) is 0 Å². The van der Waals surface area contributed by atoms with Crippen LogP contribution in [0.2, 0.25) is 0 Å². The lowest BCUT2D eigenvalue weighted by atomic mass is 9.69. The Morgan fingerprint density at radius 1 is 1.13 bits per heavy atom. The Labute approximate surface area is 96.0 Å². The molecule has 0 amide bonds. The van der Waals surface area contributed by atoms with Crippen molar-refractivity contribution in [1.82, 2.24) is 5.32 Å². The highest BCUT2D eigenvalue weighted by Gasteiger charge is 2.32. The molecule has 0 saturated heterocycles. The monoisotopic (exact) mass is 211 g/mol. The molecule has 0 aliphatic heterocycles. The summed E-state index contributed by atoms with van der Waals surface area (Å²) in [5.41, 5.74) is 0. The quantitative estimate of drug-likeness (QED) is 0.728. The van der Waals surface area contributed by atoms with Gasteiger partial charge in [0.05, 0.1) is 0 Å². The van der Waals surface area contributed by atoms with Crippen molar-refractivity contribution in [2.45, 2.75) is 65.3 Å². The predicted octanol–water partition coefficient (Wildman–Crippen LogP) is 3.84. The molecule has 0 aromatic heterocycles. The molecule has 1 nitrogen and oxygen atoms in total. The molecule has 1 fully saturated rings. The van der Waals surface area contributed by atoms with Gasteiger partial charge >= 0.3 is 0 Å². The van der Waals surface area contributed by atoms with Crippen LogP contribution in [-0.2, 0) is 0 Å². The lowest BCUT2D eigenvalue weighted by molar-refractivity contribution is 0.136. The van der Waals surface area contributed by atoms with Gasteiger partial charge in [0, 0.05) is 6.04 Å². The van der Waals surface area contributed by atoms with E-state index < -0.39 is 0 Å². The molecule has 0 spiro atoms. The van der Waals surface area contributed by atoms with Gasteiger partial charge in [-0.3, -0.25) is 0 Å². The Morgan fingerprint density at radius 2 is 1.73 bits per heavy atom. The van der Waals surface area contributed by atoms with Crippen LogP contribution < -0.4 is 5.32 Å². The van der Waals surface area contributed by atoms with Crippen LogP contribution in [0.5, 0.6) is 0 Å². The molecular weight excluding hydrogens is 182 g/mol. The van der Waals surface area contributed by atoms with Crippen molar-refractivity contribution in [3.05, 3.63) is 0 Å². The summed E-state index contributed by atoms with van der Waals surface area (Å²) in [6.07, 6.45) is 8.49. The van der Waals surface area contributed by atoms with E-state index in [4.69, 9.17) is 0 Å². The second-order valence-corrected chi connectivity index (χ2v) is 5.54. The molecule has 90 valence electrons. The third-order valence-electron chi connectivity index (χ3n) is 4.22. The summed E-state index contributed by atoms with van der Waals surface area (Å²) in [6.45, 7) is 7.11. The fourth-order valence-electron chi connectivity index (χ4n) is 3.40. The zero-order valence-corrected chi connectivity index (χ0v) is 11.1. The minimum Gasteiger partial charge on any atom is -0.317 e. The molecule has 0 heterocycles. The summed E-state index contributed by atoms with van der Waals surface area (Å²) < 4.78 is 0. The first-order valence-electron chi connectivity index (χ1n) is 6.88. The lowest BCUT2D eigenvalue weighted by Gasteiger charge is -2.39. The van der Waals surface area contributed by atoms with E-state index in [1.807, 2.05) is 0 Å². The number of rotatable bonds is 5. The fraction of sp³-hybridized carbons (Fsp3) is 1.00. The van der Waals surface area contributed by atoms with Gasteiger partial charge in [0.15, 0.2) is 0 Å². The third-order valence-corrected chi connectivity index (χ3v) is 4.22. The number of nitrogens with one attached hydrogen (secondary N) is 1. The Bertz CT molecular complexity index is 165. The van der Waals surface area contributed by atoms with Crippen molar-refractivity contribution >= 4 is 0 Å². The molecule has 0 aromatic rings. The predicted molar refractivity (Wildman–Crippen MR) is 68.0 cm³/mol.